The van der Waals surface area contributed by atoms with Crippen molar-refractivity contribution in [3.05, 3.63) is 72.0 Å². The Morgan fingerprint density at radius 1 is 1.06 bits per heavy atom. The van der Waals surface area contributed by atoms with Gasteiger partial charge in [0.1, 0.15) is 11.9 Å². The molecule has 5 nitrogen and oxygen atoms in total. The zero-order chi connectivity index (χ0) is 21.2. The predicted molar refractivity (Wildman–Crippen MR) is 119 cm³/mol. The number of hydrogen-bond donors (Lipinski definition) is 0. The van der Waals surface area contributed by atoms with E-state index in [-0.39, 0.29) is 29.8 Å². The fraction of sp³-hybridized carbons (Fsp3) is 0.423. The molecule has 4 atom stereocenters. The molecule has 162 valence electrons. The van der Waals surface area contributed by atoms with E-state index in [0.717, 1.165) is 37.9 Å². The largest absolute Gasteiger partial charge is 0.496 e. The van der Waals surface area contributed by atoms with Crippen molar-refractivity contribution in [3.63, 3.8) is 0 Å². The van der Waals surface area contributed by atoms with Crippen LogP contribution in [0, 0.1) is 11.8 Å². The molecule has 3 aliphatic rings. The Labute approximate surface area is 183 Å². The molecule has 5 heteroatoms. The third kappa shape index (κ3) is 4.00. The second kappa shape index (κ2) is 8.85. The van der Waals surface area contributed by atoms with Crippen LogP contribution in [-0.4, -0.2) is 49.8 Å². The molecule has 0 aromatic heterocycles. The highest BCUT2D eigenvalue weighted by Gasteiger charge is 2.49. The Bertz CT molecular complexity index is 957. The Balaban J connectivity index is 1.31. The average molecular weight is 420 g/mol. The normalized spacial score (nSPS) is 28.2. The first-order valence-corrected chi connectivity index (χ1v) is 11.2. The zero-order valence-electron chi connectivity index (χ0n) is 17.9. The molecule has 2 heterocycles. The van der Waals surface area contributed by atoms with E-state index in [0.29, 0.717) is 18.1 Å². The second-order valence-electron chi connectivity index (χ2n) is 8.69. The van der Waals surface area contributed by atoms with Crippen LogP contribution in [-0.2, 0) is 20.7 Å². The molecule has 4 unspecified atom stereocenters. The summed E-state index contributed by atoms with van der Waals surface area (Å²) in [5, 5.41) is 0. The third-order valence-corrected chi connectivity index (χ3v) is 6.90. The fourth-order valence-electron chi connectivity index (χ4n) is 5.24. The van der Waals surface area contributed by atoms with Gasteiger partial charge in [0, 0.05) is 24.6 Å². The molecule has 2 fully saturated rings. The number of nitrogens with zero attached hydrogens (tertiary/aromatic N) is 1. The highest BCUT2D eigenvalue weighted by molar-refractivity contribution is 6.22. The minimum absolute atomic E-state index is 0.121. The molecule has 1 saturated carbocycles. The summed E-state index contributed by atoms with van der Waals surface area (Å²) < 4.78 is 17.9. The number of carbonyl (C=O) groups excluding carboxylic acids is 1. The summed E-state index contributed by atoms with van der Waals surface area (Å²) >= 11 is 0. The van der Waals surface area contributed by atoms with Crippen molar-refractivity contribution in [3.8, 4) is 5.75 Å². The van der Waals surface area contributed by atoms with E-state index in [1.807, 2.05) is 30.3 Å². The molecule has 31 heavy (non-hydrogen) atoms. The van der Waals surface area contributed by atoms with E-state index in [1.54, 1.807) is 13.4 Å². The van der Waals surface area contributed by atoms with Crippen molar-refractivity contribution in [1.29, 1.82) is 0 Å². The standard InChI is InChI=1S/C26H29NO4/c1-29-23-10-6-5-9-19(23)22-16-30-26-20(25(22)28)11-12-24-21(26)15-27(17-31-24)14-13-18-7-3-2-4-8-18/h2-10,16,20-21,24,26H,11-15,17H2,1H3. The number of para-hydroxylation sites is 1. The number of methoxy groups -OCH3 is 1. The van der Waals surface area contributed by atoms with Gasteiger partial charge in [0.15, 0.2) is 5.78 Å². The van der Waals surface area contributed by atoms with E-state index >= 15 is 0 Å². The van der Waals surface area contributed by atoms with Crippen LogP contribution in [0.3, 0.4) is 0 Å². The van der Waals surface area contributed by atoms with Crippen LogP contribution in [0.25, 0.3) is 5.57 Å². The Hall–Kier alpha value is -2.63. The maximum atomic E-state index is 13.4. The van der Waals surface area contributed by atoms with Crippen LogP contribution < -0.4 is 4.74 Å². The molecule has 1 aliphatic carbocycles. The van der Waals surface area contributed by atoms with E-state index in [4.69, 9.17) is 14.2 Å². The van der Waals surface area contributed by atoms with Crippen molar-refractivity contribution in [2.45, 2.75) is 31.5 Å². The first kappa shape index (κ1) is 20.3. The van der Waals surface area contributed by atoms with Crippen molar-refractivity contribution in [2.75, 3.05) is 26.9 Å². The lowest BCUT2D eigenvalue weighted by Crippen LogP contribution is -2.56. The maximum Gasteiger partial charge on any atom is 0.173 e. The SMILES string of the molecule is COc1ccccc1C1=COC2C(CCC3OCN(CCc4ccccc4)CC32)C1=O. The van der Waals surface area contributed by atoms with E-state index in [2.05, 4.69) is 29.2 Å². The maximum absolute atomic E-state index is 13.4. The number of ketones is 1. The number of fused-ring (bicyclic) bond motifs is 3. The van der Waals surface area contributed by atoms with Crippen molar-refractivity contribution < 1.29 is 19.0 Å². The average Bonchev–Trinajstić information content (AvgIpc) is 2.83. The minimum Gasteiger partial charge on any atom is -0.496 e. The summed E-state index contributed by atoms with van der Waals surface area (Å²) in [4.78, 5) is 15.8. The smallest absolute Gasteiger partial charge is 0.173 e. The van der Waals surface area contributed by atoms with Crippen LogP contribution >= 0.6 is 0 Å². The fourth-order valence-corrected chi connectivity index (χ4v) is 5.24. The number of carbonyl (C=O) groups is 1. The lowest BCUT2D eigenvalue weighted by atomic mass is 9.71. The molecule has 2 aliphatic heterocycles. The number of rotatable bonds is 5. The molecule has 2 aromatic carbocycles. The van der Waals surface area contributed by atoms with E-state index < -0.39 is 0 Å². The van der Waals surface area contributed by atoms with Gasteiger partial charge in [-0.1, -0.05) is 48.5 Å². The molecule has 1 saturated heterocycles. The molecule has 0 radical (unpaired) electrons. The lowest BCUT2D eigenvalue weighted by molar-refractivity contribution is -0.169. The number of allylic oxidation sites excluding steroid dienone is 1. The molecule has 0 amide bonds. The van der Waals surface area contributed by atoms with Gasteiger partial charge in [0.25, 0.3) is 0 Å². The Morgan fingerprint density at radius 2 is 1.87 bits per heavy atom. The van der Waals surface area contributed by atoms with Gasteiger partial charge in [-0.15, -0.1) is 0 Å². The first-order valence-electron chi connectivity index (χ1n) is 11.2. The van der Waals surface area contributed by atoms with Crippen LogP contribution in [0.4, 0.5) is 0 Å². The van der Waals surface area contributed by atoms with Gasteiger partial charge >= 0.3 is 0 Å². The van der Waals surface area contributed by atoms with Crippen LogP contribution in [0.5, 0.6) is 5.75 Å². The molecular weight excluding hydrogens is 390 g/mol. The monoisotopic (exact) mass is 419 g/mol. The van der Waals surface area contributed by atoms with Gasteiger partial charge in [-0.2, -0.15) is 0 Å². The van der Waals surface area contributed by atoms with Crippen molar-refractivity contribution in [2.24, 2.45) is 11.8 Å². The van der Waals surface area contributed by atoms with Crippen LogP contribution in [0.15, 0.2) is 60.9 Å². The third-order valence-electron chi connectivity index (χ3n) is 6.90. The topological polar surface area (TPSA) is 48.0 Å². The minimum atomic E-state index is -0.121. The molecular formula is C26H29NO4. The predicted octanol–water partition coefficient (Wildman–Crippen LogP) is 3.93. The van der Waals surface area contributed by atoms with Crippen LogP contribution in [0.1, 0.15) is 24.0 Å². The summed E-state index contributed by atoms with van der Waals surface area (Å²) in [7, 11) is 1.63. The highest BCUT2D eigenvalue weighted by Crippen LogP contribution is 2.43. The quantitative estimate of drug-likeness (QED) is 0.735. The van der Waals surface area contributed by atoms with Crippen molar-refractivity contribution >= 4 is 11.4 Å². The number of ether oxygens (including phenoxy) is 3. The Kier molecular flexibility index (Phi) is 5.79. The summed E-state index contributed by atoms with van der Waals surface area (Å²) in [6.07, 6.45) is 4.42. The van der Waals surface area contributed by atoms with Gasteiger partial charge in [0.05, 0.1) is 37.7 Å². The molecule has 2 aromatic rings. The molecule has 0 spiro atoms. The molecule has 0 N–H and O–H groups in total. The first-order chi connectivity index (χ1) is 15.2. The van der Waals surface area contributed by atoms with Gasteiger partial charge < -0.3 is 14.2 Å². The van der Waals surface area contributed by atoms with Gasteiger partial charge in [-0.25, -0.2) is 0 Å². The molecule has 0 bridgehead atoms. The van der Waals surface area contributed by atoms with Gasteiger partial charge in [-0.05, 0) is 30.9 Å². The number of benzene rings is 2. The van der Waals surface area contributed by atoms with Gasteiger partial charge in [0.2, 0.25) is 0 Å². The number of hydrogen-bond acceptors (Lipinski definition) is 5. The number of Topliss-reactive ketones (excluding diaryl/α,β-unsaturated/α-hetero) is 1. The summed E-state index contributed by atoms with van der Waals surface area (Å²) in [6, 6.07) is 18.2. The van der Waals surface area contributed by atoms with E-state index in [9.17, 15) is 4.79 Å². The lowest BCUT2D eigenvalue weighted by Gasteiger charge is -2.48. The summed E-state index contributed by atoms with van der Waals surface area (Å²) in [6.45, 7) is 2.51. The zero-order valence-corrected chi connectivity index (χ0v) is 17.9. The highest BCUT2D eigenvalue weighted by atomic mass is 16.5. The summed E-state index contributed by atoms with van der Waals surface area (Å²) in [5.74, 6) is 0.957. The van der Waals surface area contributed by atoms with Crippen LogP contribution in [0.2, 0.25) is 0 Å². The summed E-state index contributed by atoms with van der Waals surface area (Å²) in [5.41, 5.74) is 2.76. The second-order valence-corrected chi connectivity index (χ2v) is 8.69. The molecule has 5 rings (SSSR count). The van der Waals surface area contributed by atoms with Crippen molar-refractivity contribution in [1.82, 2.24) is 4.90 Å². The Morgan fingerprint density at radius 3 is 2.71 bits per heavy atom. The van der Waals surface area contributed by atoms with E-state index in [1.165, 1.54) is 5.56 Å². The van der Waals surface area contributed by atoms with Gasteiger partial charge in [-0.3, -0.25) is 9.69 Å².